The summed E-state index contributed by atoms with van der Waals surface area (Å²) < 4.78 is 14.8. The Bertz CT molecular complexity index is 890. The first-order valence-corrected chi connectivity index (χ1v) is 6.42. The van der Waals surface area contributed by atoms with E-state index in [1.807, 2.05) is 0 Å². The standard InChI is InChI=1S/C15H12O8/c1-6-4-11(18)23-14-12(6)9(15(19)20)5-10(21-7(2)16)13(14)22-8(3)17/h4-5H,1-3H3,(H,19,20). The zero-order chi connectivity index (χ0) is 17.3. The number of carboxylic acids is 1. The Morgan fingerprint density at radius 2 is 1.70 bits per heavy atom. The highest BCUT2D eigenvalue weighted by Crippen LogP contribution is 2.39. The van der Waals surface area contributed by atoms with Crippen LogP contribution >= 0.6 is 0 Å². The van der Waals surface area contributed by atoms with Crippen molar-refractivity contribution in [3.63, 3.8) is 0 Å². The van der Waals surface area contributed by atoms with Gasteiger partial charge in [-0.25, -0.2) is 9.59 Å². The number of ether oxygens (including phenoxy) is 2. The number of carbonyl (C=O) groups excluding carboxylic acids is 2. The van der Waals surface area contributed by atoms with Crippen molar-refractivity contribution in [3.8, 4) is 11.5 Å². The third-order valence-electron chi connectivity index (χ3n) is 2.86. The van der Waals surface area contributed by atoms with Crippen molar-refractivity contribution in [1.82, 2.24) is 0 Å². The van der Waals surface area contributed by atoms with Gasteiger partial charge < -0.3 is 19.0 Å². The fourth-order valence-electron chi connectivity index (χ4n) is 2.12. The summed E-state index contributed by atoms with van der Waals surface area (Å²) in [6.07, 6.45) is 0. The molecule has 0 aliphatic heterocycles. The van der Waals surface area contributed by atoms with E-state index in [1.165, 1.54) is 6.92 Å². The molecule has 1 aromatic carbocycles. The number of hydrogen-bond donors (Lipinski definition) is 1. The Kier molecular flexibility index (Phi) is 4.17. The molecular weight excluding hydrogens is 308 g/mol. The number of carboxylic acid groups (broad SMARTS) is 1. The molecule has 0 amide bonds. The van der Waals surface area contributed by atoms with E-state index in [9.17, 15) is 24.3 Å². The summed E-state index contributed by atoms with van der Waals surface area (Å²) in [5.41, 5.74) is -0.981. The van der Waals surface area contributed by atoms with Crippen LogP contribution in [0.15, 0.2) is 21.3 Å². The van der Waals surface area contributed by atoms with Crippen LogP contribution in [-0.2, 0) is 9.59 Å². The van der Waals surface area contributed by atoms with E-state index < -0.39 is 23.5 Å². The number of hydrogen-bond acceptors (Lipinski definition) is 7. The molecule has 1 N–H and O–H groups in total. The van der Waals surface area contributed by atoms with E-state index in [4.69, 9.17) is 13.9 Å². The molecular formula is C15H12O8. The van der Waals surface area contributed by atoms with Crippen molar-refractivity contribution in [2.45, 2.75) is 20.8 Å². The Balaban J connectivity index is 2.98. The lowest BCUT2D eigenvalue weighted by Crippen LogP contribution is -2.11. The molecule has 0 aliphatic carbocycles. The molecule has 0 atom stereocenters. The minimum Gasteiger partial charge on any atom is -0.478 e. The zero-order valence-electron chi connectivity index (χ0n) is 12.5. The van der Waals surface area contributed by atoms with Crippen LogP contribution in [0.3, 0.4) is 0 Å². The second-order valence-corrected chi connectivity index (χ2v) is 4.70. The first kappa shape index (κ1) is 16.2. The number of aryl methyl sites for hydroxylation is 1. The Morgan fingerprint density at radius 3 is 2.22 bits per heavy atom. The number of carbonyl (C=O) groups is 3. The number of esters is 2. The lowest BCUT2D eigenvalue weighted by Gasteiger charge is -2.13. The monoisotopic (exact) mass is 320 g/mol. The molecule has 23 heavy (non-hydrogen) atoms. The molecule has 0 spiro atoms. The highest BCUT2D eigenvalue weighted by molar-refractivity contribution is 6.07. The molecule has 2 rings (SSSR count). The summed E-state index contributed by atoms with van der Waals surface area (Å²) in [4.78, 5) is 45.5. The smallest absolute Gasteiger partial charge is 0.336 e. The third kappa shape index (κ3) is 3.20. The normalized spacial score (nSPS) is 10.4. The number of aromatic carboxylic acids is 1. The van der Waals surface area contributed by atoms with Gasteiger partial charge in [0.2, 0.25) is 5.75 Å². The van der Waals surface area contributed by atoms with Gasteiger partial charge in [0.15, 0.2) is 11.3 Å². The summed E-state index contributed by atoms with van der Waals surface area (Å²) in [7, 11) is 0. The molecule has 120 valence electrons. The first-order valence-electron chi connectivity index (χ1n) is 6.42. The first-order chi connectivity index (χ1) is 10.7. The van der Waals surface area contributed by atoms with E-state index in [0.717, 1.165) is 26.0 Å². The molecule has 8 nitrogen and oxygen atoms in total. The van der Waals surface area contributed by atoms with Gasteiger partial charge in [0.05, 0.1) is 5.56 Å². The molecule has 1 aromatic heterocycles. The molecule has 8 heteroatoms. The lowest BCUT2D eigenvalue weighted by atomic mass is 10.0. The summed E-state index contributed by atoms with van der Waals surface area (Å²) in [6.45, 7) is 3.70. The van der Waals surface area contributed by atoms with Gasteiger partial charge in [-0.1, -0.05) is 0 Å². The van der Waals surface area contributed by atoms with E-state index in [1.54, 1.807) is 0 Å². The van der Waals surface area contributed by atoms with E-state index in [2.05, 4.69) is 0 Å². The van der Waals surface area contributed by atoms with Gasteiger partial charge in [0.25, 0.3) is 0 Å². The maximum absolute atomic E-state index is 11.6. The fraction of sp³-hybridized carbons (Fsp3) is 0.200. The second kappa shape index (κ2) is 5.91. The largest absolute Gasteiger partial charge is 0.478 e. The maximum Gasteiger partial charge on any atom is 0.336 e. The quantitative estimate of drug-likeness (QED) is 0.515. The highest BCUT2D eigenvalue weighted by Gasteiger charge is 2.24. The Labute approximate surface area is 129 Å². The average molecular weight is 320 g/mol. The molecule has 0 radical (unpaired) electrons. The summed E-state index contributed by atoms with van der Waals surface area (Å²) >= 11 is 0. The molecule has 0 saturated heterocycles. The van der Waals surface area contributed by atoms with Crippen LogP contribution in [-0.4, -0.2) is 23.0 Å². The zero-order valence-corrected chi connectivity index (χ0v) is 12.5. The topological polar surface area (TPSA) is 120 Å². The SMILES string of the molecule is CC(=O)Oc1cc(C(=O)O)c2c(C)cc(=O)oc2c1OC(C)=O. The summed E-state index contributed by atoms with van der Waals surface area (Å²) in [5.74, 6) is -3.49. The minimum atomic E-state index is -1.32. The van der Waals surface area contributed by atoms with Gasteiger partial charge in [0, 0.05) is 31.4 Å². The Hall–Kier alpha value is -3.16. The number of fused-ring (bicyclic) bond motifs is 1. The molecule has 0 bridgehead atoms. The van der Waals surface area contributed by atoms with Gasteiger partial charge in [-0.05, 0) is 12.5 Å². The van der Waals surface area contributed by atoms with Crippen LogP contribution in [0.25, 0.3) is 11.0 Å². The van der Waals surface area contributed by atoms with Crippen molar-refractivity contribution in [2.75, 3.05) is 0 Å². The predicted molar refractivity (Wildman–Crippen MR) is 76.8 cm³/mol. The van der Waals surface area contributed by atoms with Crippen LogP contribution in [0.4, 0.5) is 0 Å². The maximum atomic E-state index is 11.6. The van der Waals surface area contributed by atoms with Gasteiger partial charge in [0.1, 0.15) is 0 Å². The molecule has 0 aliphatic rings. The summed E-state index contributed by atoms with van der Waals surface area (Å²) in [6, 6.07) is 2.15. The third-order valence-corrected chi connectivity index (χ3v) is 2.86. The van der Waals surface area contributed by atoms with Crippen molar-refractivity contribution in [2.24, 2.45) is 0 Å². The average Bonchev–Trinajstić information content (AvgIpc) is 2.39. The summed E-state index contributed by atoms with van der Waals surface area (Å²) in [5, 5.41) is 9.41. The van der Waals surface area contributed by atoms with Gasteiger partial charge in [-0.2, -0.15) is 0 Å². The van der Waals surface area contributed by atoms with Crippen molar-refractivity contribution < 1.29 is 33.4 Å². The number of benzene rings is 1. The van der Waals surface area contributed by atoms with Crippen LogP contribution < -0.4 is 15.1 Å². The molecule has 0 fully saturated rings. The van der Waals surface area contributed by atoms with Gasteiger partial charge in [-0.3, -0.25) is 9.59 Å². The van der Waals surface area contributed by atoms with Crippen LogP contribution in [0.1, 0.15) is 29.8 Å². The van der Waals surface area contributed by atoms with Crippen molar-refractivity contribution in [3.05, 3.63) is 33.7 Å². The van der Waals surface area contributed by atoms with E-state index >= 15 is 0 Å². The van der Waals surface area contributed by atoms with Crippen LogP contribution in [0, 0.1) is 6.92 Å². The lowest BCUT2D eigenvalue weighted by molar-refractivity contribution is -0.134. The van der Waals surface area contributed by atoms with Gasteiger partial charge in [-0.15, -0.1) is 0 Å². The fourth-order valence-corrected chi connectivity index (χ4v) is 2.12. The van der Waals surface area contributed by atoms with Crippen LogP contribution in [0.5, 0.6) is 11.5 Å². The van der Waals surface area contributed by atoms with Crippen molar-refractivity contribution >= 4 is 28.9 Å². The van der Waals surface area contributed by atoms with E-state index in [-0.39, 0.29) is 28.0 Å². The molecule has 2 aromatic rings. The highest BCUT2D eigenvalue weighted by atomic mass is 16.6. The van der Waals surface area contributed by atoms with Crippen molar-refractivity contribution in [1.29, 1.82) is 0 Å². The predicted octanol–water partition coefficient (Wildman–Crippen LogP) is 1.65. The van der Waals surface area contributed by atoms with E-state index in [0.29, 0.717) is 5.56 Å². The molecule has 1 heterocycles. The molecule has 0 unspecified atom stereocenters. The minimum absolute atomic E-state index is 0.0734. The number of rotatable bonds is 3. The molecule has 0 saturated carbocycles. The second-order valence-electron chi connectivity index (χ2n) is 4.70. The van der Waals surface area contributed by atoms with Crippen LogP contribution in [0.2, 0.25) is 0 Å². The Morgan fingerprint density at radius 1 is 1.09 bits per heavy atom. The van der Waals surface area contributed by atoms with Gasteiger partial charge >= 0.3 is 23.5 Å².